The van der Waals surface area contributed by atoms with Gasteiger partial charge in [-0.25, -0.2) is 9.37 Å². The second-order valence-corrected chi connectivity index (χ2v) is 8.06. The fourth-order valence-corrected chi connectivity index (χ4v) is 4.21. The van der Waals surface area contributed by atoms with Crippen molar-refractivity contribution in [1.29, 1.82) is 0 Å². The normalized spacial score (nSPS) is 12.1. The summed E-state index contributed by atoms with van der Waals surface area (Å²) in [6.45, 7) is 1.84. The highest BCUT2D eigenvalue weighted by Crippen LogP contribution is 2.26. The SMILES string of the molecule is CC(c1cccc([N+](=O)[O-])c1)N(C)C(=O)Cc1csc2nc(-c3ccc(F)cc3)cn12. The van der Waals surface area contributed by atoms with E-state index in [1.54, 1.807) is 36.2 Å². The molecule has 0 saturated carbocycles. The molecule has 31 heavy (non-hydrogen) atoms. The molecule has 0 bridgehead atoms. The van der Waals surface area contributed by atoms with Crippen molar-refractivity contribution in [2.24, 2.45) is 0 Å². The molecule has 4 aromatic rings. The first kappa shape index (κ1) is 20.7. The summed E-state index contributed by atoms with van der Waals surface area (Å²) >= 11 is 1.43. The number of thiazole rings is 1. The first-order chi connectivity index (χ1) is 14.8. The number of aromatic nitrogens is 2. The Kier molecular flexibility index (Phi) is 5.51. The van der Waals surface area contributed by atoms with Gasteiger partial charge in [0.05, 0.1) is 23.1 Å². The van der Waals surface area contributed by atoms with E-state index < -0.39 is 4.92 Å². The summed E-state index contributed by atoms with van der Waals surface area (Å²) in [5.74, 6) is -0.423. The van der Waals surface area contributed by atoms with E-state index in [0.717, 1.165) is 16.2 Å². The third kappa shape index (κ3) is 4.17. The summed E-state index contributed by atoms with van der Waals surface area (Å²) in [6.07, 6.45) is 2.00. The zero-order chi connectivity index (χ0) is 22.1. The first-order valence-corrected chi connectivity index (χ1v) is 10.4. The molecule has 2 aromatic carbocycles. The Hall–Kier alpha value is -3.59. The predicted molar refractivity (Wildman–Crippen MR) is 116 cm³/mol. The summed E-state index contributed by atoms with van der Waals surface area (Å²) in [5, 5.41) is 12.9. The van der Waals surface area contributed by atoms with Gasteiger partial charge in [-0.3, -0.25) is 19.3 Å². The summed E-state index contributed by atoms with van der Waals surface area (Å²) in [4.78, 5) is 30.4. The Morgan fingerprint density at radius 2 is 2.03 bits per heavy atom. The highest BCUT2D eigenvalue weighted by Gasteiger charge is 2.21. The molecule has 7 nitrogen and oxygen atoms in total. The monoisotopic (exact) mass is 438 g/mol. The smallest absolute Gasteiger partial charge is 0.269 e. The molecule has 1 amide bonds. The molecule has 9 heteroatoms. The molecular weight excluding hydrogens is 419 g/mol. The minimum atomic E-state index is -0.447. The minimum absolute atomic E-state index is 0.00326. The maximum atomic E-state index is 13.2. The van der Waals surface area contributed by atoms with Gasteiger partial charge in [-0.2, -0.15) is 0 Å². The summed E-state index contributed by atoms with van der Waals surface area (Å²) in [7, 11) is 1.69. The molecule has 1 unspecified atom stereocenters. The van der Waals surface area contributed by atoms with Gasteiger partial charge in [-0.15, -0.1) is 11.3 Å². The molecule has 1 atom stereocenters. The number of carbonyl (C=O) groups excluding carboxylic acids is 1. The van der Waals surface area contributed by atoms with Crippen LogP contribution in [0.4, 0.5) is 10.1 Å². The quantitative estimate of drug-likeness (QED) is 0.318. The van der Waals surface area contributed by atoms with Crippen molar-refractivity contribution >= 4 is 27.9 Å². The molecule has 0 aliphatic heterocycles. The molecule has 0 aliphatic carbocycles. The maximum absolute atomic E-state index is 13.2. The van der Waals surface area contributed by atoms with Gasteiger partial charge >= 0.3 is 0 Å². The van der Waals surface area contributed by atoms with Crippen molar-refractivity contribution in [2.75, 3.05) is 7.05 Å². The largest absolute Gasteiger partial charge is 0.339 e. The summed E-state index contributed by atoms with van der Waals surface area (Å²) in [5.41, 5.74) is 2.99. The zero-order valence-corrected chi connectivity index (χ0v) is 17.7. The van der Waals surface area contributed by atoms with Crippen LogP contribution in [0.1, 0.15) is 24.2 Å². The van der Waals surface area contributed by atoms with Gasteiger partial charge in [0.25, 0.3) is 5.69 Å². The van der Waals surface area contributed by atoms with Crippen molar-refractivity contribution in [2.45, 2.75) is 19.4 Å². The number of rotatable bonds is 6. The van der Waals surface area contributed by atoms with Crippen molar-refractivity contribution in [1.82, 2.24) is 14.3 Å². The van der Waals surface area contributed by atoms with E-state index in [4.69, 9.17) is 0 Å². The molecule has 0 aliphatic rings. The van der Waals surface area contributed by atoms with Crippen molar-refractivity contribution in [3.8, 4) is 11.3 Å². The van der Waals surface area contributed by atoms with E-state index in [0.29, 0.717) is 11.3 Å². The molecule has 4 rings (SSSR count). The number of hydrogen-bond donors (Lipinski definition) is 0. The summed E-state index contributed by atoms with van der Waals surface area (Å²) in [6, 6.07) is 12.1. The predicted octanol–water partition coefficient (Wildman–Crippen LogP) is 4.87. The van der Waals surface area contributed by atoms with Gasteiger partial charge < -0.3 is 4.90 Å². The van der Waals surface area contributed by atoms with Crippen LogP contribution in [0.15, 0.2) is 60.1 Å². The number of imidazole rings is 1. The topological polar surface area (TPSA) is 80.8 Å². The molecule has 0 saturated heterocycles. The summed E-state index contributed by atoms with van der Waals surface area (Å²) < 4.78 is 15.0. The fourth-order valence-electron chi connectivity index (χ4n) is 3.33. The standard InChI is InChI=1S/C22H19FN4O3S/c1-14(16-4-3-5-18(10-16)27(29)30)25(2)21(28)11-19-13-31-22-24-20(12-26(19)22)15-6-8-17(23)9-7-15/h3-10,12-14H,11H2,1-2H3. The van der Waals surface area contributed by atoms with Gasteiger partial charge in [0.1, 0.15) is 5.82 Å². The number of hydrogen-bond acceptors (Lipinski definition) is 5. The van der Waals surface area contributed by atoms with Gasteiger partial charge in [0.15, 0.2) is 4.96 Å². The van der Waals surface area contributed by atoms with E-state index in [2.05, 4.69) is 4.98 Å². The van der Waals surface area contributed by atoms with Crippen LogP contribution < -0.4 is 0 Å². The van der Waals surface area contributed by atoms with E-state index in [9.17, 15) is 19.3 Å². The first-order valence-electron chi connectivity index (χ1n) is 9.55. The number of amides is 1. The van der Waals surface area contributed by atoms with E-state index >= 15 is 0 Å². The van der Waals surface area contributed by atoms with Crippen LogP contribution in [-0.4, -0.2) is 32.2 Å². The molecule has 2 aromatic heterocycles. The lowest BCUT2D eigenvalue weighted by Crippen LogP contribution is -2.31. The average molecular weight is 438 g/mol. The number of nitrogens with zero attached hydrogens (tertiary/aromatic N) is 4. The Morgan fingerprint density at radius 3 is 2.74 bits per heavy atom. The van der Waals surface area contributed by atoms with Crippen LogP contribution >= 0.6 is 11.3 Å². The number of nitro benzene ring substituents is 1. The fraction of sp³-hybridized carbons (Fsp3) is 0.182. The van der Waals surface area contributed by atoms with Crippen LogP contribution in [0.25, 0.3) is 16.2 Å². The average Bonchev–Trinajstić information content (AvgIpc) is 3.35. The van der Waals surface area contributed by atoms with Crippen molar-refractivity contribution in [3.05, 3.63) is 87.3 Å². The Balaban J connectivity index is 1.53. The van der Waals surface area contributed by atoms with Crippen molar-refractivity contribution in [3.63, 3.8) is 0 Å². The van der Waals surface area contributed by atoms with Crippen LogP contribution in [0.2, 0.25) is 0 Å². The number of nitro groups is 1. The Morgan fingerprint density at radius 1 is 1.29 bits per heavy atom. The zero-order valence-electron chi connectivity index (χ0n) is 16.9. The molecule has 0 radical (unpaired) electrons. The van der Waals surface area contributed by atoms with Crippen LogP contribution in [-0.2, 0) is 11.2 Å². The molecule has 0 fully saturated rings. The maximum Gasteiger partial charge on any atom is 0.269 e. The lowest BCUT2D eigenvalue weighted by atomic mass is 10.1. The van der Waals surface area contributed by atoms with Gasteiger partial charge in [-0.05, 0) is 36.8 Å². The lowest BCUT2D eigenvalue weighted by Gasteiger charge is -2.25. The van der Waals surface area contributed by atoms with Crippen LogP contribution in [0, 0.1) is 15.9 Å². The number of likely N-dealkylation sites (N-methyl/N-ethyl adjacent to an activating group) is 1. The molecule has 158 valence electrons. The Labute approximate surface area is 181 Å². The molecule has 2 heterocycles. The highest BCUT2D eigenvalue weighted by molar-refractivity contribution is 7.15. The number of halogens is 1. The van der Waals surface area contributed by atoms with Gasteiger partial charge in [0, 0.05) is 42.0 Å². The third-order valence-corrected chi connectivity index (χ3v) is 6.18. The van der Waals surface area contributed by atoms with Crippen LogP contribution in [0.5, 0.6) is 0 Å². The number of carbonyl (C=O) groups is 1. The van der Waals surface area contributed by atoms with Gasteiger partial charge in [0.2, 0.25) is 5.91 Å². The number of fused-ring (bicyclic) bond motifs is 1. The van der Waals surface area contributed by atoms with E-state index in [-0.39, 0.29) is 29.9 Å². The third-order valence-electron chi connectivity index (χ3n) is 5.29. The van der Waals surface area contributed by atoms with Crippen LogP contribution in [0.3, 0.4) is 0 Å². The molecular formula is C22H19FN4O3S. The second kappa shape index (κ2) is 8.27. The minimum Gasteiger partial charge on any atom is -0.339 e. The lowest BCUT2D eigenvalue weighted by molar-refractivity contribution is -0.384. The van der Waals surface area contributed by atoms with Gasteiger partial charge in [-0.1, -0.05) is 12.1 Å². The number of non-ortho nitro benzene ring substituents is 1. The van der Waals surface area contributed by atoms with E-state index in [1.165, 1.54) is 35.6 Å². The Bertz CT molecular complexity index is 1270. The second-order valence-electron chi connectivity index (χ2n) is 7.22. The number of benzene rings is 2. The molecule has 0 spiro atoms. The van der Waals surface area contributed by atoms with Crippen molar-refractivity contribution < 1.29 is 14.1 Å². The highest BCUT2D eigenvalue weighted by atomic mass is 32.1. The molecule has 0 N–H and O–H groups in total. The van der Waals surface area contributed by atoms with E-state index in [1.807, 2.05) is 22.9 Å².